The van der Waals surface area contributed by atoms with Crippen LogP contribution in [0.25, 0.3) is 0 Å². The molecule has 0 aromatic carbocycles. The molecule has 0 aromatic heterocycles. The van der Waals surface area contributed by atoms with Gasteiger partial charge in [-0.1, -0.05) is 6.92 Å². The first-order valence-corrected chi connectivity index (χ1v) is 3.08. The molecule has 0 aromatic rings. The molecule has 0 aliphatic carbocycles. The largest absolute Gasteiger partial charge is 0.481 e. The molecule has 10 heavy (non-hydrogen) atoms. The Morgan fingerprint density at radius 1 is 1.60 bits per heavy atom. The molecule has 2 nitrogen and oxygen atoms in total. The minimum absolute atomic E-state index is 0.264. The summed E-state index contributed by atoms with van der Waals surface area (Å²) < 4.78 is 23.1. The van der Waals surface area contributed by atoms with Gasteiger partial charge in [0.25, 0.3) is 0 Å². The number of rotatable bonds is 4. The Morgan fingerprint density at radius 3 is 2.20 bits per heavy atom. The zero-order chi connectivity index (χ0) is 8.15. The summed E-state index contributed by atoms with van der Waals surface area (Å²) in [6, 6.07) is 0. The highest BCUT2D eigenvalue weighted by molar-refractivity contribution is 5.69. The molecule has 0 saturated carbocycles. The van der Waals surface area contributed by atoms with Gasteiger partial charge in [0.15, 0.2) is 0 Å². The lowest BCUT2D eigenvalue weighted by Gasteiger charge is -2.06. The average Bonchev–Trinajstić information content (AvgIpc) is 1.81. The van der Waals surface area contributed by atoms with Crippen LogP contribution >= 0.6 is 0 Å². The zero-order valence-electron chi connectivity index (χ0n) is 5.68. The molecule has 0 amide bonds. The van der Waals surface area contributed by atoms with E-state index < -0.39 is 24.7 Å². The van der Waals surface area contributed by atoms with Gasteiger partial charge in [0.1, 0.15) is 0 Å². The monoisotopic (exact) mass is 152 g/mol. The molecule has 0 saturated heterocycles. The lowest BCUT2D eigenvalue weighted by molar-refractivity contribution is -0.143. The van der Waals surface area contributed by atoms with Gasteiger partial charge in [-0.3, -0.25) is 4.79 Å². The summed E-state index contributed by atoms with van der Waals surface area (Å²) in [7, 11) is 0. The fraction of sp³-hybridized carbons (Fsp3) is 0.833. The fourth-order valence-electron chi connectivity index (χ4n) is 0.657. The highest BCUT2D eigenvalue weighted by Gasteiger charge is 2.19. The molecule has 1 N–H and O–H groups in total. The van der Waals surface area contributed by atoms with Crippen molar-refractivity contribution in [2.45, 2.75) is 26.2 Å². The van der Waals surface area contributed by atoms with Gasteiger partial charge in [-0.05, 0) is 6.42 Å². The predicted octanol–water partition coefficient (Wildman–Crippen LogP) is 1.75. The van der Waals surface area contributed by atoms with Crippen molar-refractivity contribution in [2.24, 2.45) is 5.92 Å². The van der Waals surface area contributed by atoms with Crippen LogP contribution in [0.4, 0.5) is 8.78 Å². The molecule has 0 spiro atoms. The van der Waals surface area contributed by atoms with E-state index in [1.54, 1.807) is 6.92 Å². The summed E-state index contributed by atoms with van der Waals surface area (Å²) in [6.07, 6.45) is -2.79. The summed E-state index contributed by atoms with van der Waals surface area (Å²) in [5.74, 6) is -2.03. The third-order valence-electron chi connectivity index (χ3n) is 1.30. The van der Waals surface area contributed by atoms with Gasteiger partial charge in [-0.15, -0.1) is 0 Å². The first-order valence-electron chi connectivity index (χ1n) is 3.08. The number of carboxylic acids is 1. The predicted molar refractivity (Wildman–Crippen MR) is 32.0 cm³/mol. The second kappa shape index (κ2) is 4.19. The van der Waals surface area contributed by atoms with E-state index in [4.69, 9.17) is 5.11 Å². The molecular weight excluding hydrogens is 142 g/mol. The number of alkyl halides is 2. The van der Waals surface area contributed by atoms with Gasteiger partial charge < -0.3 is 5.11 Å². The van der Waals surface area contributed by atoms with Gasteiger partial charge in [-0.2, -0.15) is 0 Å². The molecule has 0 aliphatic heterocycles. The van der Waals surface area contributed by atoms with Crippen LogP contribution in [0.1, 0.15) is 19.8 Å². The van der Waals surface area contributed by atoms with Crippen LogP contribution < -0.4 is 0 Å². The van der Waals surface area contributed by atoms with Crippen LogP contribution in [-0.4, -0.2) is 17.5 Å². The summed E-state index contributed by atoms with van der Waals surface area (Å²) >= 11 is 0. The first kappa shape index (κ1) is 9.33. The number of carbonyl (C=O) groups is 1. The quantitative estimate of drug-likeness (QED) is 0.666. The van der Waals surface area contributed by atoms with Crippen molar-refractivity contribution in [3.05, 3.63) is 0 Å². The lowest BCUT2D eigenvalue weighted by atomic mass is 10.0. The normalized spacial score (nSPS) is 13.6. The lowest BCUT2D eigenvalue weighted by Crippen LogP contribution is -2.15. The molecule has 4 heteroatoms. The molecule has 0 radical (unpaired) electrons. The molecule has 0 bridgehead atoms. The van der Waals surface area contributed by atoms with E-state index in [1.807, 2.05) is 0 Å². The topological polar surface area (TPSA) is 37.3 Å². The number of hydrogen-bond donors (Lipinski definition) is 1. The van der Waals surface area contributed by atoms with E-state index in [0.717, 1.165) is 0 Å². The molecule has 1 atom stereocenters. The third-order valence-corrected chi connectivity index (χ3v) is 1.30. The standard InChI is InChI=1S/C6H10F2O2/c1-2-4(6(9)10)3-5(7)8/h4-5H,2-3H2,1H3,(H,9,10). The second-order valence-electron chi connectivity index (χ2n) is 2.07. The summed E-state index contributed by atoms with van der Waals surface area (Å²) in [5, 5.41) is 8.29. The number of carboxylic acid groups (broad SMARTS) is 1. The Kier molecular flexibility index (Phi) is 3.91. The minimum Gasteiger partial charge on any atom is -0.481 e. The summed E-state index contributed by atoms with van der Waals surface area (Å²) in [6.45, 7) is 1.58. The Labute approximate surface area is 57.9 Å². The second-order valence-corrected chi connectivity index (χ2v) is 2.07. The van der Waals surface area contributed by atoms with Gasteiger partial charge >= 0.3 is 5.97 Å². The molecule has 0 rings (SSSR count). The maximum Gasteiger partial charge on any atom is 0.306 e. The van der Waals surface area contributed by atoms with E-state index in [-0.39, 0.29) is 6.42 Å². The van der Waals surface area contributed by atoms with Gasteiger partial charge in [0.2, 0.25) is 6.43 Å². The van der Waals surface area contributed by atoms with E-state index >= 15 is 0 Å². The van der Waals surface area contributed by atoms with Crippen LogP contribution in [-0.2, 0) is 4.79 Å². The number of halogens is 2. The smallest absolute Gasteiger partial charge is 0.306 e. The van der Waals surface area contributed by atoms with Crippen LogP contribution in [0, 0.1) is 5.92 Å². The van der Waals surface area contributed by atoms with Crippen molar-refractivity contribution >= 4 is 5.97 Å². The molecule has 0 heterocycles. The maximum atomic E-state index is 11.6. The fourth-order valence-corrected chi connectivity index (χ4v) is 0.657. The zero-order valence-corrected chi connectivity index (χ0v) is 5.68. The molecular formula is C6H10F2O2. The van der Waals surface area contributed by atoms with E-state index in [0.29, 0.717) is 0 Å². The van der Waals surface area contributed by atoms with Gasteiger partial charge in [0.05, 0.1) is 5.92 Å². The first-order chi connectivity index (χ1) is 4.57. The highest BCUT2D eigenvalue weighted by Crippen LogP contribution is 2.13. The van der Waals surface area contributed by atoms with Crippen LogP contribution in [0.3, 0.4) is 0 Å². The van der Waals surface area contributed by atoms with Crippen molar-refractivity contribution in [3.8, 4) is 0 Å². The average molecular weight is 152 g/mol. The van der Waals surface area contributed by atoms with Gasteiger partial charge in [0, 0.05) is 6.42 Å². The van der Waals surface area contributed by atoms with Crippen molar-refractivity contribution in [3.63, 3.8) is 0 Å². The molecule has 60 valence electrons. The maximum absolute atomic E-state index is 11.6. The summed E-state index contributed by atoms with van der Waals surface area (Å²) in [5.41, 5.74) is 0. The Morgan fingerprint density at radius 2 is 2.10 bits per heavy atom. The van der Waals surface area contributed by atoms with Gasteiger partial charge in [-0.25, -0.2) is 8.78 Å². The van der Waals surface area contributed by atoms with E-state index in [9.17, 15) is 13.6 Å². The van der Waals surface area contributed by atoms with Crippen LogP contribution in [0.5, 0.6) is 0 Å². The minimum atomic E-state index is -2.51. The van der Waals surface area contributed by atoms with Crippen LogP contribution in [0.2, 0.25) is 0 Å². The van der Waals surface area contributed by atoms with Crippen molar-refractivity contribution in [2.75, 3.05) is 0 Å². The van der Waals surface area contributed by atoms with Crippen molar-refractivity contribution in [1.29, 1.82) is 0 Å². The van der Waals surface area contributed by atoms with E-state index in [2.05, 4.69) is 0 Å². The van der Waals surface area contributed by atoms with Crippen LogP contribution in [0.15, 0.2) is 0 Å². The Hall–Kier alpha value is -0.670. The third kappa shape index (κ3) is 3.37. The Bertz CT molecular complexity index is 114. The number of hydrogen-bond acceptors (Lipinski definition) is 1. The molecule has 1 unspecified atom stereocenters. The SMILES string of the molecule is CCC(CC(F)F)C(=O)O. The van der Waals surface area contributed by atoms with Crippen molar-refractivity contribution < 1.29 is 18.7 Å². The Balaban J connectivity index is 3.72. The molecule has 0 aliphatic rings. The van der Waals surface area contributed by atoms with Crippen molar-refractivity contribution in [1.82, 2.24) is 0 Å². The molecule has 0 fully saturated rings. The highest BCUT2D eigenvalue weighted by atomic mass is 19.3. The number of aliphatic carboxylic acids is 1. The van der Waals surface area contributed by atoms with E-state index in [1.165, 1.54) is 0 Å². The summed E-state index contributed by atoms with van der Waals surface area (Å²) in [4.78, 5) is 10.1.